The molecule has 0 spiro atoms. The van der Waals surface area contributed by atoms with Gasteiger partial charge in [0.25, 0.3) is 0 Å². The zero-order valence-electron chi connectivity index (χ0n) is 13.3. The Morgan fingerprint density at radius 2 is 1.42 bits per heavy atom. The molecule has 0 radical (unpaired) electrons. The van der Waals surface area contributed by atoms with E-state index in [4.69, 9.17) is 4.74 Å². The van der Waals surface area contributed by atoms with E-state index < -0.39 is 0 Å². The van der Waals surface area contributed by atoms with E-state index in [-0.39, 0.29) is 0 Å². The molecule has 0 N–H and O–H groups in total. The molecule has 0 bridgehead atoms. The monoisotopic (exact) mass is 263 g/mol. The van der Waals surface area contributed by atoms with Gasteiger partial charge in [0.15, 0.2) is 0 Å². The second-order valence-electron chi connectivity index (χ2n) is 5.49. The SMILES string of the molecule is CCCCCCCCOc1nc(C)c(C)c(C)c1C. The standard InChI is InChI=1S/C17H29NO/c1-6-7-8-9-10-11-12-19-17-15(4)13(2)14(3)16(5)18-17/h6-12H2,1-5H3. The molecule has 0 saturated carbocycles. The van der Waals surface area contributed by atoms with Crippen LogP contribution in [0.2, 0.25) is 0 Å². The minimum atomic E-state index is 0.794. The largest absolute Gasteiger partial charge is 0.477 e. The molecule has 0 aromatic carbocycles. The Hall–Kier alpha value is -1.05. The molecule has 0 saturated heterocycles. The number of aryl methyl sites for hydroxylation is 1. The molecule has 19 heavy (non-hydrogen) atoms. The summed E-state index contributed by atoms with van der Waals surface area (Å²) < 4.78 is 5.85. The molecule has 1 aromatic rings. The minimum absolute atomic E-state index is 0.794. The van der Waals surface area contributed by atoms with Gasteiger partial charge in [-0.15, -0.1) is 0 Å². The average Bonchev–Trinajstić information content (AvgIpc) is 2.41. The first kappa shape index (κ1) is 16.0. The van der Waals surface area contributed by atoms with Gasteiger partial charge in [-0.05, 0) is 45.2 Å². The van der Waals surface area contributed by atoms with Crippen molar-refractivity contribution < 1.29 is 4.74 Å². The maximum Gasteiger partial charge on any atom is 0.216 e. The van der Waals surface area contributed by atoms with Gasteiger partial charge in [-0.25, -0.2) is 4.98 Å². The lowest BCUT2D eigenvalue weighted by atomic mass is 10.1. The lowest BCUT2D eigenvalue weighted by Crippen LogP contribution is -2.05. The fraction of sp³-hybridized carbons (Fsp3) is 0.706. The van der Waals surface area contributed by atoms with Gasteiger partial charge in [0, 0.05) is 11.3 Å². The van der Waals surface area contributed by atoms with Crippen LogP contribution in [-0.4, -0.2) is 11.6 Å². The molecule has 0 aliphatic carbocycles. The van der Waals surface area contributed by atoms with Gasteiger partial charge in [0.1, 0.15) is 0 Å². The summed E-state index contributed by atoms with van der Waals surface area (Å²) in [5.74, 6) is 0.828. The van der Waals surface area contributed by atoms with Crippen LogP contribution in [0.3, 0.4) is 0 Å². The topological polar surface area (TPSA) is 22.1 Å². The molecule has 0 fully saturated rings. The van der Waals surface area contributed by atoms with Crippen LogP contribution in [0.4, 0.5) is 0 Å². The van der Waals surface area contributed by atoms with Gasteiger partial charge < -0.3 is 4.74 Å². The van der Waals surface area contributed by atoms with Crippen molar-refractivity contribution in [3.05, 3.63) is 22.4 Å². The Labute approximate surface area is 118 Å². The van der Waals surface area contributed by atoms with Crippen LogP contribution in [-0.2, 0) is 0 Å². The van der Waals surface area contributed by atoms with Gasteiger partial charge in [-0.3, -0.25) is 0 Å². The van der Waals surface area contributed by atoms with Gasteiger partial charge in [0.05, 0.1) is 6.61 Å². The van der Waals surface area contributed by atoms with Crippen molar-refractivity contribution >= 4 is 0 Å². The second kappa shape index (κ2) is 8.19. The smallest absolute Gasteiger partial charge is 0.216 e. The van der Waals surface area contributed by atoms with E-state index >= 15 is 0 Å². The predicted octanol–water partition coefficient (Wildman–Crippen LogP) is 5.05. The summed E-state index contributed by atoms with van der Waals surface area (Å²) in [5, 5.41) is 0. The van der Waals surface area contributed by atoms with Crippen molar-refractivity contribution in [2.24, 2.45) is 0 Å². The van der Waals surface area contributed by atoms with Crippen molar-refractivity contribution in [1.82, 2.24) is 4.98 Å². The molecular weight excluding hydrogens is 234 g/mol. The Bertz CT molecular complexity index is 399. The lowest BCUT2D eigenvalue weighted by molar-refractivity contribution is 0.290. The molecule has 2 heteroatoms. The van der Waals surface area contributed by atoms with Gasteiger partial charge in [-0.2, -0.15) is 0 Å². The molecule has 0 unspecified atom stereocenters. The Morgan fingerprint density at radius 1 is 0.789 bits per heavy atom. The van der Waals surface area contributed by atoms with Crippen LogP contribution in [0.25, 0.3) is 0 Å². The number of pyridine rings is 1. The number of unbranched alkanes of at least 4 members (excludes halogenated alkanes) is 5. The first-order chi connectivity index (χ1) is 9.07. The van der Waals surface area contributed by atoms with E-state index in [0.717, 1.165) is 24.6 Å². The van der Waals surface area contributed by atoms with E-state index in [1.807, 2.05) is 0 Å². The first-order valence-electron chi connectivity index (χ1n) is 7.65. The highest BCUT2D eigenvalue weighted by Gasteiger charge is 2.09. The van der Waals surface area contributed by atoms with Crippen molar-refractivity contribution in [3.63, 3.8) is 0 Å². The fourth-order valence-electron chi connectivity index (χ4n) is 2.22. The van der Waals surface area contributed by atoms with Crippen LogP contribution in [0.1, 0.15) is 67.8 Å². The number of ether oxygens (including phenoxy) is 1. The molecule has 0 aliphatic rings. The maximum absolute atomic E-state index is 5.85. The second-order valence-corrected chi connectivity index (χ2v) is 5.49. The first-order valence-corrected chi connectivity index (χ1v) is 7.65. The third-order valence-corrected chi connectivity index (χ3v) is 3.99. The third-order valence-electron chi connectivity index (χ3n) is 3.99. The quantitative estimate of drug-likeness (QED) is 0.612. The molecule has 2 nitrogen and oxygen atoms in total. The van der Waals surface area contributed by atoms with Crippen LogP contribution >= 0.6 is 0 Å². The highest BCUT2D eigenvalue weighted by molar-refractivity contribution is 5.40. The van der Waals surface area contributed by atoms with Crippen molar-refractivity contribution in [2.45, 2.75) is 73.1 Å². The normalized spacial score (nSPS) is 10.8. The summed E-state index contributed by atoms with van der Waals surface area (Å²) >= 11 is 0. The lowest BCUT2D eigenvalue weighted by Gasteiger charge is -2.13. The van der Waals surface area contributed by atoms with E-state index in [1.165, 1.54) is 48.8 Å². The summed E-state index contributed by atoms with van der Waals surface area (Å²) in [4.78, 5) is 4.56. The molecular formula is C17H29NO. The maximum atomic E-state index is 5.85. The predicted molar refractivity (Wildman–Crippen MR) is 82.1 cm³/mol. The summed E-state index contributed by atoms with van der Waals surface area (Å²) in [7, 11) is 0. The number of nitrogens with zero attached hydrogens (tertiary/aromatic N) is 1. The van der Waals surface area contributed by atoms with Crippen molar-refractivity contribution in [3.8, 4) is 5.88 Å². The molecule has 1 aromatic heterocycles. The zero-order chi connectivity index (χ0) is 14.3. The Balaban J connectivity index is 2.38. The van der Waals surface area contributed by atoms with Gasteiger partial charge in [-0.1, -0.05) is 39.0 Å². The molecule has 0 aliphatic heterocycles. The van der Waals surface area contributed by atoms with Crippen LogP contribution < -0.4 is 4.74 Å². The van der Waals surface area contributed by atoms with Crippen LogP contribution in [0.5, 0.6) is 5.88 Å². The van der Waals surface area contributed by atoms with Gasteiger partial charge in [0.2, 0.25) is 5.88 Å². The number of hydrogen-bond acceptors (Lipinski definition) is 2. The number of hydrogen-bond donors (Lipinski definition) is 0. The zero-order valence-corrected chi connectivity index (χ0v) is 13.3. The third kappa shape index (κ3) is 4.85. The van der Waals surface area contributed by atoms with Crippen LogP contribution in [0.15, 0.2) is 0 Å². The van der Waals surface area contributed by atoms with Crippen molar-refractivity contribution in [1.29, 1.82) is 0 Å². The summed E-state index contributed by atoms with van der Waals surface area (Å²) in [6, 6.07) is 0. The number of rotatable bonds is 8. The minimum Gasteiger partial charge on any atom is -0.477 e. The van der Waals surface area contributed by atoms with E-state index in [9.17, 15) is 0 Å². The molecule has 1 heterocycles. The molecule has 0 amide bonds. The summed E-state index contributed by atoms with van der Waals surface area (Å²) in [6.45, 7) is 11.5. The summed E-state index contributed by atoms with van der Waals surface area (Å²) in [5.41, 5.74) is 4.87. The van der Waals surface area contributed by atoms with Crippen molar-refractivity contribution in [2.75, 3.05) is 6.61 Å². The van der Waals surface area contributed by atoms with E-state index in [2.05, 4.69) is 39.6 Å². The number of aromatic nitrogens is 1. The summed E-state index contributed by atoms with van der Waals surface area (Å²) in [6.07, 6.45) is 7.76. The average molecular weight is 263 g/mol. The molecule has 0 atom stereocenters. The van der Waals surface area contributed by atoms with E-state index in [0.29, 0.717) is 0 Å². The van der Waals surface area contributed by atoms with E-state index in [1.54, 1.807) is 0 Å². The fourth-order valence-corrected chi connectivity index (χ4v) is 2.22. The Morgan fingerprint density at radius 3 is 2.11 bits per heavy atom. The highest BCUT2D eigenvalue weighted by atomic mass is 16.5. The Kier molecular flexibility index (Phi) is 6.90. The van der Waals surface area contributed by atoms with Gasteiger partial charge >= 0.3 is 0 Å². The molecule has 1 rings (SSSR count). The van der Waals surface area contributed by atoms with Crippen LogP contribution in [0, 0.1) is 27.7 Å². The highest BCUT2D eigenvalue weighted by Crippen LogP contribution is 2.23. The molecule has 108 valence electrons.